The Balaban J connectivity index is 2.06. The molecule has 86 valence electrons. The first-order valence-electron chi connectivity index (χ1n) is 5.24. The van der Waals surface area contributed by atoms with Crippen LogP contribution in [0.3, 0.4) is 0 Å². The normalized spacial score (nSPS) is 10.9. The molecule has 3 nitrogen and oxygen atoms in total. The molecule has 0 fully saturated rings. The molecular formula is C11H14BrN3S. The Morgan fingerprint density at radius 2 is 2.44 bits per heavy atom. The van der Waals surface area contributed by atoms with Crippen molar-refractivity contribution in [3.63, 3.8) is 0 Å². The number of aromatic nitrogens is 2. The standard InChI is InChI=1S/C11H14BrN3S/c1-2-13-6-10-3-4-14-15(10)7-11-5-9(12)8-16-11/h3-5,8,13H,2,6-7H2,1H3. The molecule has 0 saturated heterocycles. The number of thiophene rings is 1. The number of halogens is 1. The van der Waals surface area contributed by atoms with E-state index in [1.807, 2.05) is 10.9 Å². The third kappa shape index (κ3) is 2.93. The van der Waals surface area contributed by atoms with Crippen molar-refractivity contribution < 1.29 is 0 Å². The SMILES string of the molecule is CCNCc1ccnn1Cc1cc(Br)cs1. The fraction of sp³-hybridized carbons (Fsp3) is 0.364. The van der Waals surface area contributed by atoms with Gasteiger partial charge in [0.2, 0.25) is 0 Å². The monoisotopic (exact) mass is 299 g/mol. The van der Waals surface area contributed by atoms with Crippen molar-refractivity contribution in [1.82, 2.24) is 15.1 Å². The topological polar surface area (TPSA) is 29.9 Å². The Bertz CT molecular complexity index is 450. The predicted octanol–water partition coefficient (Wildman–Crippen LogP) is 2.86. The van der Waals surface area contributed by atoms with Crippen LogP contribution in [0.1, 0.15) is 17.5 Å². The van der Waals surface area contributed by atoms with E-state index in [1.54, 1.807) is 11.3 Å². The zero-order valence-electron chi connectivity index (χ0n) is 9.11. The number of hydrogen-bond donors (Lipinski definition) is 1. The van der Waals surface area contributed by atoms with Crippen molar-refractivity contribution >= 4 is 27.3 Å². The Morgan fingerprint density at radius 1 is 1.56 bits per heavy atom. The molecule has 0 saturated carbocycles. The average Bonchev–Trinajstić information content (AvgIpc) is 2.86. The van der Waals surface area contributed by atoms with E-state index in [0.29, 0.717) is 0 Å². The predicted molar refractivity (Wildman–Crippen MR) is 70.7 cm³/mol. The first-order chi connectivity index (χ1) is 7.79. The van der Waals surface area contributed by atoms with Crippen LogP contribution >= 0.6 is 27.3 Å². The van der Waals surface area contributed by atoms with Crippen LogP contribution in [0.4, 0.5) is 0 Å². The molecule has 16 heavy (non-hydrogen) atoms. The molecule has 0 atom stereocenters. The fourth-order valence-electron chi connectivity index (χ4n) is 1.49. The van der Waals surface area contributed by atoms with E-state index < -0.39 is 0 Å². The highest BCUT2D eigenvalue weighted by Crippen LogP contribution is 2.20. The van der Waals surface area contributed by atoms with Crippen molar-refractivity contribution in [2.75, 3.05) is 6.54 Å². The summed E-state index contributed by atoms with van der Waals surface area (Å²) in [6, 6.07) is 4.20. The smallest absolute Gasteiger partial charge is 0.0756 e. The van der Waals surface area contributed by atoms with Gasteiger partial charge in [-0.25, -0.2) is 0 Å². The molecule has 0 radical (unpaired) electrons. The molecule has 2 heterocycles. The summed E-state index contributed by atoms with van der Waals surface area (Å²) in [7, 11) is 0. The largest absolute Gasteiger partial charge is 0.311 e. The lowest BCUT2D eigenvalue weighted by molar-refractivity contribution is 0.609. The number of nitrogens with zero attached hydrogens (tertiary/aromatic N) is 2. The Hall–Kier alpha value is -0.650. The highest BCUT2D eigenvalue weighted by molar-refractivity contribution is 9.10. The minimum absolute atomic E-state index is 0.851. The van der Waals surface area contributed by atoms with Crippen LogP contribution in [0.5, 0.6) is 0 Å². The molecule has 0 unspecified atom stereocenters. The lowest BCUT2D eigenvalue weighted by atomic mass is 10.4. The van der Waals surface area contributed by atoms with Crippen LogP contribution in [0.15, 0.2) is 28.2 Å². The van der Waals surface area contributed by atoms with Gasteiger partial charge in [-0.1, -0.05) is 6.92 Å². The minimum atomic E-state index is 0.851. The molecule has 5 heteroatoms. The molecule has 0 spiro atoms. The summed E-state index contributed by atoms with van der Waals surface area (Å²) in [5, 5.41) is 9.76. The zero-order chi connectivity index (χ0) is 11.4. The van der Waals surface area contributed by atoms with E-state index in [1.165, 1.54) is 10.6 Å². The van der Waals surface area contributed by atoms with E-state index in [9.17, 15) is 0 Å². The first kappa shape index (κ1) is 11.8. The molecule has 0 aliphatic carbocycles. The summed E-state index contributed by atoms with van der Waals surface area (Å²) in [6.07, 6.45) is 1.86. The summed E-state index contributed by atoms with van der Waals surface area (Å²) in [4.78, 5) is 1.31. The van der Waals surface area contributed by atoms with Gasteiger partial charge in [0.1, 0.15) is 0 Å². The Kier molecular flexibility index (Phi) is 4.15. The number of hydrogen-bond acceptors (Lipinski definition) is 3. The van der Waals surface area contributed by atoms with Gasteiger partial charge in [0.25, 0.3) is 0 Å². The second kappa shape index (κ2) is 5.61. The van der Waals surface area contributed by atoms with Gasteiger partial charge >= 0.3 is 0 Å². The minimum Gasteiger partial charge on any atom is -0.311 e. The molecule has 1 N–H and O–H groups in total. The maximum atomic E-state index is 4.34. The van der Waals surface area contributed by atoms with Gasteiger partial charge in [-0.15, -0.1) is 11.3 Å². The molecule has 0 bridgehead atoms. The average molecular weight is 300 g/mol. The van der Waals surface area contributed by atoms with Gasteiger partial charge in [0.05, 0.1) is 12.2 Å². The molecule has 2 rings (SSSR count). The lowest BCUT2D eigenvalue weighted by Crippen LogP contribution is -2.16. The van der Waals surface area contributed by atoms with Gasteiger partial charge in [-0.3, -0.25) is 4.68 Å². The van der Waals surface area contributed by atoms with Crippen molar-refractivity contribution in [3.05, 3.63) is 38.8 Å². The highest BCUT2D eigenvalue weighted by atomic mass is 79.9. The van der Waals surface area contributed by atoms with Gasteiger partial charge in [0, 0.05) is 27.5 Å². The third-order valence-electron chi connectivity index (χ3n) is 2.29. The molecule has 0 aliphatic heterocycles. The van der Waals surface area contributed by atoms with E-state index in [-0.39, 0.29) is 0 Å². The van der Waals surface area contributed by atoms with E-state index in [4.69, 9.17) is 0 Å². The second-order valence-electron chi connectivity index (χ2n) is 3.49. The highest BCUT2D eigenvalue weighted by Gasteiger charge is 2.04. The summed E-state index contributed by atoms with van der Waals surface area (Å²) in [5.41, 5.74) is 1.23. The fourth-order valence-corrected chi connectivity index (χ4v) is 2.92. The molecule has 0 amide bonds. The molecule has 2 aromatic rings. The van der Waals surface area contributed by atoms with Crippen LogP contribution in [0, 0.1) is 0 Å². The Morgan fingerprint density at radius 3 is 3.12 bits per heavy atom. The van der Waals surface area contributed by atoms with Crippen molar-refractivity contribution in [3.8, 4) is 0 Å². The number of nitrogens with one attached hydrogen (secondary N) is 1. The van der Waals surface area contributed by atoms with Gasteiger partial charge in [-0.05, 0) is 34.6 Å². The molecule has 0 aliphatic rings. The van der Waals surface area contributed by atoms with E-state index >= 15 is 0 Å². The van der Waals surface area contributed by atoms with E-state index in [2.05, 4.69) is 50.8 Å². The third-order valence-corrected chi connectivity index (χ3v) is 3.97. The van der Waals surface area contributed by atoms with E-state index in [0.717, 1.165) is 24.1 Å². The molecule has 2 aromatic heterocycles. The molecular weight excluding hydrogens is 286 g/mol. The number of rotatable bonds is 5. The molecule has 0 aromatic carbocycles. The summed E-state index contributed by atoms with van der Waals surface area (Å²) in [6.45, 7) is 4.82. The van der Waals surface area contributed by atoms with Crippen LogP contribution in [0.25, 0.3) is 0 Å². The van der Waals surface area contributed by atoms with Crippen LogP contribution in [-0.4, -0.2) is 16.3 Å². The van der Waals surface area contributed by atoms with Crippen molar-refractivity contribution in [1.29, 1.82) is 0 Å². The summed E-state index contributed by atoms with van der Waals surface area (Å²) < 4.78 is 3.19. The maximum Gasteiger partial charge on any atom is 0.0756 e. The Labute approximate surface area is 108 Å². The van der Waals surface area contributed by atoms with Gasteiger partial charge < -0.3 is 5.32 Å². The first-order valence-corrected chi connectivity index (χ1v) is 6.91. The zero-order valence-corrected chi connectivity index (χ0v) is 11.5. The summed E-state index contributed by atoms with van der Waals surface area (Å²) >= 11 is 5.22. The summed E-state index contributed by atoms with van der Waals surface area (Å²) in [5.74, 6) is 0. The second-order valence-corrected chi connectivity index (χ2v) is 5.40. The lowest BCUT2D eigenvalue weighted by Gasteiger charge is -2.06. The quantitative estimate of drug-likeness (QED) is 0.920. The van der Waals surface area contributed by atoms with Crippen LogP contribution in [0.2, 0.25) is 0 Å². The van der Waals surface area contributed by atoms with Crippen molar-refractivity contribution in [2.24, 2.45) is 0 Å². The van der Waals surface area contributed by atoms with Crippen LogP contribution < -0.4 is 5.32 Å². The van der Waals surface area contributed by atoms with Gasteiger partial charge in [-0.2, -0.15) is 5.10 Å². The van der Waals surface area contributed by atoms with Gasteiger partial charge in [0.15, 0.2) is 0 Å². The maximum absolute atomic E-state index is 4.34. The van der Waals surface area contributed by atoms with Crippen molar-refractivity contribution in [2.45, 2.75) is 20.0 Å². The van der Waals surface area contributed by atoms with Crippen LogP contribution in [-0.2, 0) is 13.1 Å².